The molecule has 0 bridgehead atoms. The van der Waals surface area contributed by atoms with Gasteiger partial charge in [-0.05, 0) is 33.8 Å². The van der Waals surface area contributed by atoms with Crippen molar-refractivity contribution in [1.29, 1.82) is 0 Å². The van der Waals surface area contributed by atoms with E-state index in [1.54, 1.807) is 12.1 Å². The normalized spacial score (nSPS) is 19.9. The van der Waals surface area contributed by atoms with Gasteiger partial charge in [-0.2, -0.15) is 0 Å². The summed E-state index contributed by atoms with van der Waals surface area (Å²) in [4.78, 5) is 0. The van der Waals surface area contributed by atoms with E-state index in [2.05, 4.69) is 0 Å². The Kier molecular flexibility index (Phi) is 4.81. The predicted octanol–water partition coefficient (Wildman–Crippen LogP) is 3.28. The molecule has 0 saturated carbocycles. The molecule has 0 spiro atoms. The van der Waals surface area contributed by atoms with Crippen molar-refractivity contribution in [2.24, 2.45) is 0 Å². The summed E-state index contributed by atoms with van der Waals surface area (Å²) in [6.45, 7) is 8.00. The zero-order valence-corrected chi connectivity index (χ0v) is 14.3. The van der Waals surface area contributed by atoms with Crippen LogP contribution in [0.5, 0.6) is 5.75 Å². The van der Waals surface area contributed by atoms with Gasteiger partial charge in [0.25, 0.3) is 0 Å². The monoisotopic (exact) mass is 332 g/mol. The van der Waals surface area contributed by atoms with E-state index in [0.717, 1.165) is 0 Å². The highest BCUT2D eigenvalue weighted by atomic mass is 35.5. The molecule has 1 heterocycles. The molecule has 0 radical (unpaired) electrons. The van der Waals surface area contributed by atoms with E-state index in [4.69, 9.17) is 42.0 Å². The minimum absolute atomic E-state index is 0.0618. The summed E-state index contributed by atoms with van der Waals surface area (Å²) < 4.78 is 22.3. The summed E-state index contributed by atoms with van der Waals surface area (Å²) in [7, 11) is 0.963. The Morgan fingerprint density at radius 1 is 1.10 bits per heavy atom. The first-order valence-corrected chi connectivity index (χ1v) is 7.40. The van der Waals surface area contributed by atoms with Crippen LogP contribution >= 0.6 is 23.2 Å². The van der Waals surface area contributed by atoms with Gasteiger partial charge < -0.3 is 18.8 Å². The molecule has 1 aliphatic rings. The van der Waals surface area contributed by atoms with E-state index in [-0.39, 0.29) is 6.79 Å². The summed E-state index contributed by atoms with van der Waals surface area (Å²) >= 11 is 12.5. The summed E-state index contributed by atoms with van der Waals surface area (Å²) in [6, 6.07) is 3.49. The Labute approximate surface area is 135 Å². The van der Waals surface area contributed by atoms with Crippen LogP contribution < -0.4 is 10.2 Å². The van der Waals surface area contributed by atoms with Crippen LogP contribution in [0.3, 0.4) is 0 Å². The summed E-state index contributed by atoms with van der Waals surface area (Å²) in [6.07, 6.45) is 0. The van der Waals surface area contributed by atoms with Crippen molar-refractivity contribution >= 4 is 35.8 Å². The molecule has 4 nitrogen and oxygen atoms in total. The van der Waals surface area contributed by atoms with Crippen LogP contribution in [0.15, 0.2) is 12.1 Å². The Morgan fingerprint density at radius 3 is 2.19 bits per heavy atom. The molecule has 1 fully saturated rings. The molecule has 1 aliphatic heterocycles. The molecule has 0 aliphatic carbocycles. The molecule has 7 heteroatoms. The average Bonchev–Trinajstić information content (AvgIpc) is 2.58. The lowest BCUT2D eigenvalue weighted by Gasteiger charge is -2.32. The molecular weight excluding hydrogens is 314 g/mol. The maximum Gasteiger partial charge on any atom is 0.496 e. The number of benzene rings is 1. The maximum absolute atomic E-state index is 6.39. The van der Waals surface area contributed by atoms with E-state index < -0.39 is 18.3 Å². The Bertz CT molecular complexity index is 518. The van der Waals surface area contributed by atoms with Crippen LogP contribution in [0.1, 0.15) is 27.7 Å². The second kappa shape index (κ2) is 5.97. The Morgan fingerprint density at radius 2 is 1.67 bits per heavy atom. The van der Waals surface area contributed by atoms with Crippen molar-refractivity contribution in [3.05, 3.63) is 22.2 Å². The van der Waals surface area contributed by atoms with E-state index in [1.165, 1.54) is 7.11 Å². The highest BCUT2D eigenvalue weighted by Gasteiger charge is 2.52. The SMILES string of the molecule is COCOc1c(Cl)ccc(B2OC(C)(C)C(C)(C)O2)c1Cl. The minimum atomic E-state index is -0.565. The van der Waals surface area contributed by atoms with Gasteiger partial charge in [-0.25, -0.2) is 0 Å². The van der Waals surface area contributed by atoms with Gasteiger partial charge in [0.2, 0.25) is 0 Å². The zero-order chi connectivity index (χ0) is 15.8. The fraction of sp³-hybridized carbons (Fsp3) is 0.571. The fourth-order valence-electron chi connectivity index (χ4n) is 1.95. The highest BCUT2D eigenvalue weighted by Crippen LogP contribution is 2.39. The van der Waals surface area contributed by atoms with Gasteiger partial charge >= 0.3 is 7.12 Å². The third-order valence-corrected chi connectivity index (χ3v) is 4.59. The van der Waals surface area contributed by atoms with E-state index >= 15 is 0 Å². The van der Waals surface area contributed by atoms with Gasteiger partial charge in [0.15, 0.2) is 12.5 Å². The molecule has 0 unspecified atom stereocenters. The van der Waals surface area contributed by atoms with Crippen molar-refractivity contribution < 1.29 is 18.8 Å². The van der Waals surface area contributed by atoms with Crippen molar-refractivity contribution in [2.45, 2.75) is 38.9 Å². The molecule has 1 saturated heterocycles. The van der Waals surface area contributed by atoms with Crippen molar-refractivity contribution in [3.63, 3.8) is 0 Å². The quantitative estimate of drug-likeness (QED) is 0.626. The van der Waals surface area contributed by atoms with E-state index in [0.29, 0.717) is 21.3 Å². The van der Waals surface area contributed by atoms with Crippen LogP contribution in [-0.4, -0.2) is 32.2 Å². The summed E-state index contributed by atoms with van der Waals surface area (Å²) in [5.74, 6) is 0.368. The number of methoxy groups -OCH3 is 1. The number of hydrogen-bond donors (Lipinski definition) is 0. The second-order valence-electron chi connectivity index (χ2n) is 5.92. The van der Waals surface area contributed by atoms with E-state index in [1.807, 2.05) is 27.7 Å². The van der Waals surface area contributed by atoms with E-state index in [9.17, 15) is 0 Å². The third kappa shape index (κ3) is 3.17. The van der Waals surface area contributed by atoms with Crippen molar-refractivity contribution in [2.75, 3.05) is 13.9 Å². The molecule has 0 atom stereocenters. The van der Waals surface area contributed by atoms with Gasteiger partial charge in [0.05, 0.1) is 21.2 Å². The molecule has 0 N–H and O–H groups in total. The average molecular weight is 333 g/mol. The van der Waals surface area contributed by atoms with Gasteiger partial charge in [-0.15, -0.1) is 0 Å². The first-order chi connectivity index (χ1) is 9.69. The molecule has 0 amide bonds. The minimum Gasteiger partial charge on any atom is -0.464 e. The second-order valence-corrected chi connectivity index (χ2v) is 6.70. The zero-order valence-electron chi connectivity index (χ0n) is 12.8. The molecule has 116 valence electrons. The van der Waals surface area contributed by atoms with Crippen molar-refractivity contribution in [3.8, 4) is 5.75 Å². The van der Waals surface area contributed by atoms with Crippen molar-refractivity contribution in [1.82, 2.24) is 0 Å². The molecule has 1 aromatic carbocycles. The first-order valence-electron chi connectivity index (χ1n) is 6.65. The predicted molar refractivity (Wildman–Crippen MR) is 84.7 cm³/mol. The topological polar surface area (TPSA) is 36.9 Å². The smallest absolute Gasteiger partial charge is 0.464 e. The lowest BCUT2D eigenvalue weighted by Crippen LogP contribution is -2.41. The van der Waals surface area contributed by atoms with Crippen LogP contribution in [0.2, 0.25) is 10.0 Å². The lowest BCUT2D eigenvalue weighted by atomic mass is 9.79. The summed E-state index contributed by atoms with van der Waals surface area (Å²) in [5.41, 5.74) is -0.187. The Balaban J connectivity index is 2.34. The largest absolute Gasteiger partial charge is 0.496 e. The van der Waals surface area contributed by atoms with Gasteiger partial charge in [-0.3, -0.25) is 0 Å². The molecule has 2 rings (SSSR count). The molecule has 0 aromatic heterocycles. The van der Waals surface area contributed by atoms with Crippen LogP contribution in [0.25, 0.3) is 0 Å². The standard InChI is InChI=1S/C14H19BCl2O4/c1-13(2)14(3,4)21-15(20-13)9-6-7-10(16)12(11(9)17)19-8-18-5/h6-7H,8H2,1-5H3. The lowest BCUT2D eigenvalue weighted by molar-refractivity contribution is 0.00578. The summed E-state index contributed by atoms with van der Waals surface area (Å²) in [5, 5.41) is 0.787. The van der Waals surface area contributed by atoms with Crippen LogP contribution in [0, 0.1) is 0 Å². The van der Waals surface area contributed by atoms with Gasteiger partial charge in [0.1, 0.15) is 0 Å². The molecule has 1 aromatic rings. The third-order valence-electron chi connectivity index (χ3n) is 3.91. The fourth-order valence-corrected chi connectivity index (χ4v) is 2.52. The van der Waals surface area contributed by atoms with Crippen LogP contribution in [-0.2, 0) is 14.0 Å². The number of ether oxygens (including phenoxy) is 2. The number of rotatable bonds is 4. The highest BCUT2D eigenvalue weighted by molar-refractivity contribution is 6.66. The molecule has 21 heavy (non-hydrogen) atoms. The molecular formula is C14H19BCl2O4. The maximum atomic E-state index is 6.39. The number of hydrogen-bond acceptors (Lipinski definition) is 4. The Hall–Kier alpha value is -0.455. The van der Waals surface area contributed by atoms with Gasteiger partial charge in [-0.1, -0.05) is 29.3 Å². The van der Waals surface area contributed by atoms with Crippen LogP contribution in [0.4, 0.5) is 0 Å². The number of halogens is 2. The first kappa shape index (κ1) is 16.9. The van der Waals surface area contributed by atoms with Gasteiger partial charge in [0, 0.05) is 12.6 Å².